The molecule has 0 aromatic carbocycles. The molecule has 0 radical (unpaired) electrons. The highest BCUT2D eigenvalue weighted by molar-refractivity contribution is 6.16. The van der Waals surface area contributed by atoms with Crippen molar-refractivity contribution < 1.29 is 53.3 Å². The number of alkyl halides is 1. The van der Waals surface area contributed by atoms with E-state index in [0.29, 0.717) is 17.0 Å². The van der Waals surface area contributed by atoms with Crippen LogP contribution in [0.5, 0.6) is 0 Å². The molecule has 0 aliphatic carbocycles. The van der Waals surface area contributed by atoms with Crippen LogP contribution < -0.4 is 5.32 Å². The largest absolute Gasteiger partial charge is 0.481 e. The van der Waals surface area contributed by atoms with Crippen LogP contribution in [-0.4, -0.2) is 107 Å². The van der Waals surface area contributed by atoms with E-state index in [1.54, 1.807) is 0 Å². The van der Waals surface area contributed by atoms with Crippen LogP contribution in [0.1, 0.15) is 50.6 Å². The zero-order valence-electron chi connectivity index (χ0n) is 20.8. The fourth-order valence-corrected chi connectivity index (χ4v) is 3.90. The number of unbranched alkanes of at least 4 members (excludes halogenated alkanes) is 1. The van der Waals surface area contributed by atoms with Gasteiger partial charge in [0.25, 0.3) is 0 Å². The second-order valence-corrected chi connectivity index (χ2v) is 8.67. The molecular formula is C22H29FN6O10. The summed E-state index contributed by atoms with van der Waals surface area (Å²) in [6, 6.07) is -5.07. The van der Waals surface area contributed by atoms with Crippen molar-refractivity contribution in [1.82, 2.24) is 30.1 Å². The van der Waals surface area contributed by atoms with Crippen molar-refractivity contribution in [3.63, 3.8) is 0 Å². The van der Waals surface area contributed by atoms with Gasteiger partial charge >= 0.3 is 23.9 Å². The number of aliphatic carboxylic acids is 3. The van der Waals surface area contributed by atoms with Crippen molar-refractivity contribution in [2.45, 2.75) is 70.0 Å². The molecule has 214 valence electrons. The molecule has 1 aliphatic heterocycles. The number of nitrogens with zero attached hydrogens (tertiary/aromatic N) is 5. The number of imide groups is 2. The van der Waals surface area contributed by atoms with Crippen LogP contribution in [0.2, 0.25) is 0 Å². The summed E-state index contributed by atoms with van der Waals surface area (Å²) in [6.45, 7) is -0.521. The Morgan fingerprint density at radius 2 is 1.56 bits per heavy atom. The number of barbiturate groups is 1. The van der Waals surface area contributed by atoms with E-state index in [-0.39, 0.29) is 43.7 Å². The molecule has 0 bridgehead atoms. The number of carboxylic acids is 3. The molecule has 1 unspecified atom stereocenters. The number of nitrogens with one attached hydrogen (secondary N) is 1. The lowest BCUT2D eigenvalue weighted by atomic mass is 10.0. The third-order valence-electron chi connectivity index (χ3n) is 5.76. The number of hydrogen-bond donors (Lipinski definition) is 4. The molecule has 2 rings (SSSR count). The molecule has 1 aliphatic rings. The van der Waals surface area contributed by atoms with Gasteiger partial charge in [-0.3, -0.25) is 23.6 Å². The lowest BCUT2D eigenvalue weighted by Gasteiger charge is -2.38. The van der Waals surface area contributed by atoms with Gasteiger partial charge in [-0.25, -0.2) is 28.9 Å². The highest BCUT2D eigenvalue weighted by Gasteiger charge is 2.48. The number of carbonyl (C=O) groups excluding carboxylic acids is 4. The Balaban J connectivity index is 1.94. The fraction of sp³-hybridized carbons (Fsp3) is 0.591. The number of carboxylic acid groups (broad SMARTS) is 3. The average molecular weight is 557 g/mol. The number of urea groups is 1. The van der Waals surface area contributed by atoms with Gasteiger partial charge in [0.1, 0.15) is 25.0 Å². The van der Waals surface area contributed by atoms with Crippen LogP contribution in [-0.2, 0) is 41.7 Å². The standard InChI is InChI=1S/C22H29FN6O10/c23-8-3-4-13-11-27(26-25-13)12-16(30)24-9-2-1-5-14(20(35)36)28-17(31)10-18(32)29(22(28)39)15(21(37)38)6-7-19(33)34/h11,14-15H,1-10,12H2,(H,24,30)(H,33,34)(H,35,36)(H,37,38)/t14?,15-/m0/s1. The SMILES string of the molecule is O=C(O)CC[C@@H](C(=O)O)N1C(=O)CC(=O)N(C(CCCCNC(=O)Cn2cc(CCCF)nn2)C(=O)O)C1=O. The molecule has 1 aromatic rings. The van der Waals surface area contributed by atoms with E-state index in [4.69, 9.17) is 5.11 Å². The Morgan fingerprint density at radius 1 is 0.949 bits per heavy atom. The maximum atomic E-state index is 12.9. The summed E-state index contributed by atoms with van der Waals surface area (Å²) in [6.07, 6.45) is 0.0432. The maximum absolute atomic E-state index is 12.9. The van der Waals surface area contributed by atoms with E-state index in [1.165, 1.54) is 10.9 Å². The van der Waals surface area contributed by atoms with Gasteiger partial charge in [0.2, 0.25) is 17.7 Å². The monoisotopic (exact) mass is 556 g/mol. The smallest absolute Gasteiger partial charge is 0.335 e. The zero-order chi connectivity index (χ0) is 29.1. The molecule has 16 nitrogen and oxygen atoms in total. The van der Waals surface area contributed by atoms with Crippen LogP contribution in [0.25, 0.3) is 0 Å². The Kier molecular flexibility index (Phi) is 11.4. The topological polar surface area (TPSA) is 229 Å². The van der Waals surface area contributed by atoms with E-state index in [1.807, 2.05) is 0 Å². The van der Waals surface area contributed by atoms with Crippen molar-refractivity contribution in [2.75, 3.05) is 13.2 Å². The Hall–Kier alpha value is -4.44. The molecular weight excluding hydrogens is 527 g/mol. The highest BCUT2D eigenvalue weighted by Crippen LogP contribution is 2.23. The third kappa shape index (κ3) is 8.82. The lowest BCUT2D eigenvalue weighted by molar-refractivity contribution is -0.158. The average Bonchev–Trinajstić information content (AvgIpc) is 3.29. The number of aromatic nitrogens is 3. The molecule has 0 spiro atoms. The first kappa shape index (κ1) is 30.8. The van der Waals surface area contributed by atoms with Crippen molar-refractivity contribution in [3.05, 3.63) is 11.9 Å². The van der Waals surface area contributed by atoms with E-state index in [2.05, 4.69) is 15.6 Å². The van der Waals surface area contributed by atoms with Crippen LogP contribution >= 0.6 is 0 Å². The van der Waals surface area contributed by atoms with Crippen LogP contribution in [0.15, 0.2) is 6.20 Å². The predicted octanol–water partition coefficient (Wildman–Crippen LogP) is -0.581. The molecule has 0 saturated carbocycles. The third-order valence-corrected chi connectivity index (χ3v) is 5.76. The first-order chi connectivity index (χ1) is 18.5. The molecule has 17 heteroatoms. The zero-order valence-corrected chi connectivity index (χ0v) is 20.8. The number of carbonyl (C=O) groups is 7. The molecule has 5 amide bonds. The van der Waals surface area contributed by atoms with Gasteiger partial charge in [-0.15, -0.1) is 5.10 Å². The molecule has 2 heterocycles. The summed E-state index contributed by atoms with van der Waals surface area (Å²) >= 11 is 0. The molecule has 39 heavy (non-hydrogen) atoms. The fourth-order valence-electron chi connectivity index (χ4n) is 3.90. The van der Waals surface area contributed by atoms with Crippen molar-refractivity contribution in [3.8, 4) is 0 Å². The van der Waals surface area contributed by atoms with Crippen LogP contribution in [0, 0.1) is 0 Å². The second kappa shape index (κ2) is 14.5. The minimum atomic E-state index is -1.90. The molecule has 1 saturated heterocycles. The Bertz CT molecular complexity index is 1110. The number of halogens is 1. The molecule has 4 N–H and O–H groups in total. The van der Waals surface area contributed by atoms with Gasteiger partial charge < -0.3 is 20.6 Å². The van der Waals surface area contributed by atoms with E-state index >= 15 is 0 Å². The van der Waals surface area contributed by atoms with Gasteiger partial charge in [-0.2, -0.15) is 0 Å². The van der Waals surface area contributed by atoms with Gasteiger partial charge in [-0.05, 0) is 38.5 Å². The predicted molar refractivity (Wildman–Crippen MR) is 125 cm³/mol. The normalized spacial score (nSPS) is 15.3. The number of aryl methyl sites for hydroxylation is 1. The van der Waals surface area contributed by atoms with E-state index < -0.39 is 79.7 Å². The number of rotatable bonds is 17. The minimum absolute atomic E-state index is 0.122. The van der Waals surface area contributed by atoms with Gasteiger partial charge in [0.05, 0.1) is 12.4 Å². The maximum Gasteiger partial charge on any atom is 0.335 e. The summed E-state index contributed by atoms with van der Waals surface area (Å²) in [4.78, 5) is 84.7. The summed E-state index contributed by atoms with van der Waals surface area (Å²) in [5.74, 6) is -7.33. The first-order valence-corrected chi connectivity index (χ1v) is 12.0. The van der Waals surface area contributed by atoms with Crippen molar-refractivity contribution in [1.29, 1.82) is 0 Å². The van der Waals surface area contributed by atoms with Crippen LogP contribution in [0.3, 0.4) is 0 Å². The summed E-state index contributed by atoms with van der Waals surface area (Å²) in [5.41, 5.74) is 0.541. The molecule has 2 atom stereocenters. The number of hydrogen-bond acceptors (Lipinski definition) is 9. The van der Waals surface area contributed by atoms with Gasteiger partial charge in [0, 0.05) is 19.2 Å². The van der Waals surface area contributed by atoms with Crippen molar-refractivity contribution >= 4 is 41.7 Å². The molecule has 1 aromatic heterocycles. The Morgan fingerprint density at radius 3 is 2.13 bits per heavy atom. The first-order valence-electron chi connectivity index (χ1n) is 12.0. The summed E-state index contributed by atoms with van der Waals surface area (Å²) < 4.78 is 13.5. The van der Waals surface area contributed by atoms with E-state index in [0.717, 1.165) is 0 Å². The van der Waals surface area contributed by atoms with Gasteiger partial charge in [0.15, 0.2) is 0 Å². The quantitative estimate of drug-likeness (QED) is 0.139. The van der Waals surface area contributed by atoms with Crippen LogP contribution in [0.4, 0.5) is 9.18 Å². The minimum Gasteiger partial charge on any atom is -0.481 e. The van der Waals surface area contributed by atoms with Gasteiger partial charge in [-0.1, -0.05) is 5.21 Å². The number of amides is 5. The Labute approximate surface area is 220 Å². The molecule has 1 fully saturated rings. The van der Waals surface area contributed by atoms with Crippen molar-refractivity contribution in [2.24, 2.45) is 0 Å². The van der Waals surface area contributed by atoms with E-state index in [9.17, 15) is 48.2 Å². The lowest BCUT2D eigenvalue weighted by Crippen LogP contribution is -2.63. The highest BCUT2D eigenvalue weighted by atomic mass is 19.1. The summed E-state index contributed by atoms with van der Waals surface area (Å²) in [5, 5.41) is 38.1. The summed E-state index contributed by atoms with van der Waals surface area (Å²) in [7, 11) is 0. The second-order valence-electron chi connectivity index (χ2n) is 8.67.